The zero-order valence-corrected chi connectivity index (χ0v) is 12.9. The number of benzene rings is 1. The minimum absolute atomic E-state index is 0.169. The largest absolute Gasteiger partial charge is 0.491 e. The van der Waals surface area contributed by atoms with Crippen molar-refractivity contribution in [1.29, 1.82) is 0 Å². The molecule has 0 atom stereocenters. The van der Waals surface area contributed by atoms with Crippen LogP contribution in [0.1, 0.15) is 29.8 Å². The Morgan fingerprint density at radius 2 is 2.00 bits per heavy atom. The van der Waals surface area contributed by atoms with Crippen molar-refractivity contribution in [2.24, 2.45) is 0 Å². The maximum Gasteiger partial charge on any atom is 0.338 e. The summed E-state index contributed by atoms with van der Waals surface area (Å²) >= 11 is 0. The number of hydrogen-bond donors (Lipinski definition) is 0. The van der Waals surface area contributed by atoms with E-state index in [4.69, 9.17) is 9.47 Å². The van der Waals surface area contributed by atoms with Gasteiger partial charge in [-0.3, -0.25) is 4.79 Å². The monoisotopic (exact) mass is 301 g/mol. The van der Waals surface area contributed by atoms with Crippen LogP contribution in [0.4, 0.5) is 0 Å². The highest BCUT2D eigenvalue weighted by Crippen LogP contribution is 2.10. The molecule has 0 saturated carbocycles. The third-order valence-corrected chi connectivity index (χ3v) is 3.06. The summed E-state index contributed by atoms with van der Waals surface area (Å²) in [4.78, 5) is 24.0. The lowest BCUT2D eigenvalue weighted by Gasteiger charge is -2.10. The van der Waals surface area contributed by atoms with Gasteiger partial charge in [0, 0.05) is 6.20 Å². The summed E-state index contributed by atoms with van der Waals surface area (Å²) in [5, 5.41) is 0. The van der Waals surface area contributed by atoms with E-state index >= 15 is 0 Å². The molecule has 0 radical (unpaired) electrons. The first-order chi connectivity index (χ1) is 10.5. The number of methoxy groups -OCH3 is 1. The molecule has 0 unspecified atom stereocenters. The predicted molar refractivity (Wildman–Crippen MR) is 83.3 cm³/mol. The summed E-state index contributed by atoms with van der Waals surface area (Å²) in [6.07, 6.45) is 1.52. The average Bonchev–Trinajstić information content (AvgIpc) is 2.49. The van der Waals surface area contributed by atoms with Gasteiger partial charge in [0.1, 0.15) is 0 Å². The second kappa shape index (κ2) is 6.93. The molecule has 1 heterocycles. The van der Waals surface area contributed by atoms with Crippen molar-refractivity contribution in [2.45, 2.75) is 26.5 Å². The molecule has 0 fully saturated rings. The highest BCUT2D eigenvalue weighted by molar-refractivity contribution is 5.89. The topological polar surface area (TPSA) is 57.5 Å². The lowest BCUT2D eigenvalue weighted by atomic mass is 10.1. The molecule has 0 spiro atoms. The summed E-state index contributed by atoms with van der Waals surface area (Å²) < 4.78 is 11.7. The van der Waals surface area contributed by atoms with Crippen molar-refractivity contribution >= 4 is 5.97 Å². The Morgan fingerprint density at radius 3 is 2.68 bits per heavy atom. The summed E-state index contributed by atoms with van der Waals surface area (Å²) in [6, 6.07) is 10.4. The van der Waals surface area contributed by atoms with Gasteiger partial charge in [-0.1, -0.05) is 12.1 Å². The molecule has 0 N–H and O–H groups in total. The first-order valence-corrected chi connectivity index (χ1v) is 7.04. The first kappa shape index (κ1) is 15.8. The molecule has 0 aliphatic rings. The van der Waals surface area contributed by atoms with Gasteiger partial charge in [-0.05, 0) is 43.7 Å². The zero-order valence-electron chi connectivity index (χ0n) is 12.9. The number of aromatic nitrogens is 1. The van der Waals surface area contributed by atoms with Crippen LogP contribution in [0.5, 0.6) is 5.75 Å². The number of rotatable bonds is 5. The van der Waals surface area contributed by atoms with Crippen molar-refractivity contribution in [3.8, 4) is 5.75 Å². The number of nitrogens with zero attached hydrogens (tertiary/aromatic N) is 1. The lowest BCUT2D eigenvalue weighted by molar-refractivity contribution is 0.0378. The van der Waals surface area contributed by atoms with Gasteiger partial charge in [0.2, 0.25) is 0 Å². The van der Waals surface area contributed by atoms with E-state index < -0.39 is 0 Å². The predicted octanol–water partition coefficient (Wildman–Crippen LogP) is 2.47. The van der Waals surface area contributed by atoms with Crippen molar-refractivity contribution < 1.29 is 14.3 Å². The molecular formula is C17H19NO4. The first-order valence-electron chi connectivity index (χ1n) is 7.04. The molecule has 0 bridgehead atoms. The van der Waals surface area contributed by atoms with E-state index in [1.165, 1.54) is 11.7 Å². The summed E-state index contributed by atoms with van der Waals surface area (Å²) in [6.45, 7) is 3.97. The fraction of sp³-hybridized carbons (Fsp3) is 0.294. The summed E-state index contributed by atoms with van der Waals surface area (Å²) in [5.41, 5.74) is 1.11. The molecule has 116 valence electrons. The molecule has 0 saturated heterocycles. The Bertz CT molecular complexity index is 719. The van der Waals surface area contributed by atoms with Crippen LogP contribution < -0.4 is 10.3 Å². The van der Waals surface area contributed by atoms with Crippen LogP contribution in [0, 0.1) is 0 Å². The van der Waals surface area contributed by atoms with Crippen LogP contribution in [0.3, 0.4) is 0 Å². The molecule has 0 aliphatic heterocycles. The number of carbonyl (C=O) groups is 1. The fourth-order valence-electron chi connectivity index (χ4n) is 2.07. The van der Waals surface area contributed by atoms with E-state index in [-0.39, 0.29) is 23.4 Å². The van der Waals surface area contributed by atoms with Gasteiger partial charge in [0.25, 0.3) is 5.56 Å². The van der Waals surface area contributed by atoms with Gasteiger partial charge in [0.15, 0.2) is 5.75 Å². The standard InChI is InChI=1S/C17H19NO4/c1-12(2)22-17(20)14-7-4-6-13(10-14)11-18-9-5-8-15(21-3)16(18)19/h4-10,12H,11H2,1-3H3. The second-order valence-corrected chi connectivity index (χ2v) is 5.16. The SMILES string of the molecule is COc1cccn(Cc2cccc(C(=O)OC(C)C)c2)c1=O. The van der Waals surface area contributed by atoms with Crippen LogP contribution in [0.25, 0.3) is 0 Å². The third-order valence-electron chi connectivity index (χ3n) is 3.06. The van der Waals surface area contributed by atoms with Crippen molar-refractivity contribution in [3.63, 3.8) is 0 Å². The number of carbonyl (C=O) groups excluding carboxylic acids is 1. The van der Waals surface area contributed by atoms with Crippen molar-refractivity contribution in [3.05, 3.63) is 64.1 Å². The molecule has 5 heteroatoms. The van der Waals surface area contributed by atoms with Gasteiger partial charge < -0.3 is 14.0 Å². The Labute approximate surface area is 129 Å². The Kier molecular flexibility index (Phi) is 4.99. The molecule has 5 nitrogen and oxygen atoms in total. The minimum atomic E-state index is -0.366. The van der Waals surface area contributed by atoms with Crippen LogP contribution >= 0.6 is 0 Å². The summed E-state index contributed by atoms with van der Waals surface area (Å²) in [5.74, 6) is -0.0762. The van der Waals surface area contributed by atoms with Gasteiger partial charge in [-0.2, -0.15) is 0 Å². The Morgan fingerprint density at radius 1 is 1.23 bits per heavy atom. The third kappa shape index (κ3) is 3.75. The smallest absolute Gasteiger partial charge is 0.338 e. The number of pyridine rings is 1. The molecule has 1 aromatic heterocycles. The Hall–Kier alpha value is -2.56. The van der Waals surface area contributed by atoms with Crippen LogP contribution in [-0.4, -0.2) is 23.8 Å². The quantitative estimate of drug-likeness (QED) is 0.796. The highest BCUT2D eigenvalue weighted by Gasteiger charge is 2.10. The molecular weight excluding hydrogens is 282 g/mol. The molecule has 2 rings (SSSR count). The van der Waals surface area contributed by atoms with Crippen molar-refractivity contribution in [1.82, 2.24) is 4.57 Å². The number of ether oxygens (including phenoxy) is 2. The van der Waals surface area contributed by atoms with Crippen molar-refractivity contribution in [2.75, 3.05) is 7.11 Å². The van der Waals surface area contributed by atoms with Gasteiger partial charge in [-0.15, -0.1) is 0 Å². The fourth-order valence-corrected chi connectivity index (χ4v) is 2.07. The number of hydrogen-bond acceptors (Lipinski definition) is 4. The Balaban J connectivity index is 2.24. The van der Waals surface area contributed by atoms with Crippen LogP contribution in [0.15, 0.2) is 47.4 Å². The van der Waals surface area contributed by atoms with E-state index in [0.29, 0.717) is 12.1 Å². The van der Waals surface area contributed by atoms with E-state index in [0.717, 1.165) is 5.56 Å². The molecule has 2 aromatic rings. The van der Waals surface area contributed by atoms with E-state index in [9.17, 15) is 9.59 Å². The molecule has 1 aromatic carbocycles. The maximum atomic E-state index is 12.1. The van der Waals surface area contributed by atoms with Crippen LogP contribution in [-0.2, 0) is 11.3 Å². The highest BCUT2D eigenvalue weighted by atomic mass is 16.5. The van der Waals surface area contributed by atoms with Crippen LogP contribution in [0.2, 0.25) is 0 Å². The van der Waals surface area contributed by atoms with Gasteiger partial charge in [0.05, 0.1) is 25.3 Å². The molecule has 22 heavy (non-hydrogen) atoms. The number of esters is 1. The minimum Gasteiger partial charge on any atom is -0.491 e. The molecule has 0 amide bonds. The van der Waals surface area contributed by atoms with Gasteiger partial charge >= 0.3 is 5.97 Å². The zero-order chi connectivity index (χ0) is 16.1. The summed E-state index contributed by atoms with van der Waals surface area (Å²) in [7, 11) is 1.46. The van der Waals surface area contributed by atoms with E-state index in [1.807, 2.05) is 6.07 Å². The van der Waals surface area contributed by atoms with E-state index in [2.05, 4.69) is 0 Å². The second-order valence-electron chi connectivity index (χ2n) is 5.16. The maximum absolute atomic E-state index is 12.1. The van der Waals surface area contributed by atoms with E-state index in [1.54, 1.807) is 50.4 Å². The lowest BCUT2D eigenvalue weighted by Crippen LogP contribution is -2.21. The normalized spacial score (nSPS) is 10.5. The molecule has 0 aliphatic carbocycles. The van der Waals surface area contributed by atoms with Gasteiger partial charge in [-0.25, -0.2) is 4.79 Å². The average molecular weight is 301 g/mol.